The molecule has 2 aromatic carbocycles. The van der Waals surface area contributed by atoms with Crippen molar-refractivity contribution in [1.29, 1.82) is 0 Å². The lowest BCUT2D eigenvalue weighted by molar-refractivity contribution is -0.139. The van der Waals surface area contributed by atoms with Crippen LogP contribution in [0.5, 0.6) is 17.2 Å². The summed E-state index contributed by atoms with van der Waals surface area (Å²) in [6.07, 6.45) is 1.83. The van der Waals surface area contributed by atoms with Crippen molar-refractivity contribution in [2.75, 3.05) is 20.8 Å². The van der Waals surface area contributed by atoms with Crippen LogP contribution in [0.4, 0.5) is 0 Å². The summed E-state index contributed by atoms with van der Waals surface area (Å²) in [6.45, 7) is 15.9. The summed E-state index contributed by atoms with van der Waals surface area (Å²) < 4.78 is 18.6. The maximum atomic E-state index is 14.2. The van der Waals surface area contributed by atoms with Crippen LogP contribution in [0, 0.1) is 0 Å². The first kappa shape index (κ1) is 31.1. The topological polar surface area (TPSA) is 99.4 Å². The lowest BCUT2D eigenvalue weighted by Gasteiger charge is -2.27. The van der Waals surface area contributed by atoms with Crippen LogP contribution in [-0.2, 0) is 20.4 Å². The van der Waals surface area contributed by atoms with Crippen molar-refractivity contribution in [1.82, 2.24) is 4.57 Å². The molecule has 0 fully saturated rings. The Morgan fingerprint density at radius 3 is 2.19 bits per heavy atom. The van der Waals surface area contributed by atoms with E-state index in [0.717, 1.165) is 16.7 Å². The summed E-state index contributed by atoms with van der Waals surface area (Å²) in [5, 5.41) is 11.2. The highest BCUT2D eigenvalue weighted by Gasteiger charge is 2.35. The Balaban J connectivity index is 2.05. The molecule has 1 aliphatic rings. The molecular weight excluding hydrogens is 552 g/mol. The van der Waals surface area contributed by atoms with E-state index in [1.54, 1.807) is 46.3 Å². The first-order valence-corrected chi connectivity index (χ1v) is 14.7. The Kier molecular flexibility index (Phi) is 8.47. The molecule has 0 radical (unpaired) electrons. The maximum Gasteiger partial charge on any atom is 0.338 e. The number of carbonyl (C=O) groups is 1. The van der Waals surface area contributed by atoms with Gasteiger partial charge in [0.25, 0.3) is 5.56 Å². The zero-order valence-electron chi connectivity index (χ0n) is 26.0. The van der Waals surface area contributed by atoms with Gasteiger partial charge in [-0.3, -0.25) is 9.36 Å². The molecule has 0 spiro atoms. The fourth-order valence-corrected chi connectivity index (χ4v) is 6.22. The average molecular weight is 593 g/mol. The number of thiazole rings is 1. The molecule has 0 amide bonds. The number of allylic oxidation sites excluding steroid dienone is 1. The number of carbonyl (C=O) groups excluding carboxylic acids is 1. The van der Waals surface area contributed by atoms with Gasteiger partial charge in [0, 0.05) is 16.7 Å². The van der Waals surface area contributed by atoms with Crippen LogP contribution in [0.25, 0.3) is 6.08 Å². The maximum absolute atomic E-state index is 14.2. The molecule has 1 aliphatic heterocycles. The number of benzene rings is 2. The monoisotopic (exact) mass is 592 g/mol. The molecule has 0 saturated carbocycles. The van der Waals surface area contributed by atoms with Gasteiger partial charge in [-0.05, 0) is 66.6 Å². The molecule has 4 rings (SSSR count). The van der Waals surface area contributed by atoms with E-state index in [2.05, 4.69) is 4.99 Å². The van der Waals surface area contributed by atoms with Crippen molar-refractivity contribution < 1.29 is 24.1 Å². The lowest BCUT2D eigenvalue weighted by atomic mass is 9.78. The van der Waals surface area contributed by atoms with Crippen LogP contribution in [0.1, 0.15) is 83.7 Å². The molecule has 0 aliphatic carbocycles. The molecule has 1 aromatic heterocycles. The Labute approximate surface area is 250 Å². The highest BCUT2D eigenvalue weighted by molar-refractivity contribution is 7.07. The van der Waals surface area contributed by atoms with Crippen LogP contribution in [0.3, 0.4) is 0 Å². The van der Waals surface area contributed by atoms with Gasteiger partial charge in [0.15, 0.2) is 4.80 Å². The van der Waals surface area contributed by atoms with E-state index in [4.69, 9.17) is 14.2 Å². The molecule has 0 unspecified atom stereocenters. The van der Waals surface area contributed by atoms with E-state index in [9.17, 15) is 14.7 Å². The molecule has 8 nitrogen and oxygen atoms in total. The zero-order valence-corrected chi connectivity index (χ0v) is 26.9. The Hall–Kier alpha value is -3.85. The van der Waals surface area contributed by atoms with Crippen LogP contribution < -0.4 is 24.4 Å². The molecule has 9 heteroatoms. The zero-order chi connectivity index (χ0) is 31.1. The minimum Gasteiger partial charge on any atom is -0.507 e. The molecule has 1 N–H and O–H groups in total. The summed E-state index contributed by atoms with van der Waals surface area (Å²) >= 11 is 1.25. The Bertz CT molecular complexity index is 1710. The van der Waals surface area contributed by atoms with E-state index in [-0.39, 0.29) is 34.3 Å². The predicted molar refractivity (Wildman–Crippen MR) is 165 cm³/mol. The molecule has 2 heterocycles. The second-order valence-electron chi connectivity index (χ2n) is 12.4. The minimum absolute atomic E-state index is 0.176. The van der Waals surface area contributed by atoms with Gasteiger partial charge in [-0.25, -0.2) is 9.79 Å². The van der Waals surface area contributed by atoms with Gasteiger partial charge in [0.05, 0.1) is 36.6 Å². The van der Waals surface area contributed by atoms with Gasteiger partial charge >= 0.3 is 5.97 Å². The number of rotatable bonds is 6. The summed E-state index contributed by atoms with van der Waals surface area (Å²) in [4.78, 5) is 32.6. The second kappa shape index (κ2) is 11.4. The van der Waals surface area contributed by atoms with Gasteiger partial charge in [-0.2, -0.15) is 0 Å². The molecule has 0 saturated heterocycles. The molecule has 0 bridgehead atoms. The van der Waals surface area contributed by atoms with E-state index < -0.39 is 12.0 Å². The van der Waals surface area contributed by atoms with Crippen molar-refractivity contribution in [2.45, 2.75) is 72.3 Å². The van der Waals surface area contributed by atoms with Crippen LogP contribution >= 0.6 is 11.3 Å². The number of esters is 1. The van der Waals surface area contributed by atoms with Gasteiger partial charge in [-0.1, -0.05) is 52.9 Å². The number of phenolic OH excluding ortho intramolecular Hbond substituents is 1. The normalized spacial score (nSPS) is 15.8. The number of fused-ring (bicyclic) bond motifs is 1. The third-order valence-electron chi connectivity index (χ3n) is 7.29. The predicted octanol–water partition coefficient (Wildman–Crippen LogP) is 5.12. The third kappa shape index (κ3) is 5.75. The molecule has 1 atom stereocenters. The van der Waals surface area contributed by atoms with Crippen molar-refractivity contribution in [3.05, 3.63) is 83.5 Å². The Morgan fingerprint density at radius 1 is 1.05 bits per heavy atom. The van der Waals surface area contributed by atoms with Crippen molar-refractivity contribution in [3.8, 4) is 17.2 Å². The first-order chi connectivity index (χ1) is 19.6. The smallest absolute Gasteiger partial charge is 0.338 e. The molecule has 224 valence electrons. The highest BCUT2D eigenvalue weighted by atomic mass is 32.1. The number of nitrogens with zero attached hydrogens (tertiary/aromatic N) is 2. The summed E-state index contributed by atoms with van der Waals surface area (Å²) in [5.74, 6) is 0.772. The molecule has 42 heavy (non-hydrogen) atoms. The van der Waals surface area contributed by atoms with Crippen LogP contribution in [0.15, 0.2) is 51.4 Å². The summed E-state index contributed by atoms with van der Waals surface area (Å²) in [7, 11) is 3.10. The number of methoxy groups -OCH3 is 2. The largest absolute Gasteiger partial charge is 0.507 e. The van der Waals surface area contributed by atoms with Gasteiger partial charge < -0.3 is 19.3 Å². The molecular formula is C33H40N2O6S. The second-order valence-corrected chi connectivity index (χ2v) is 13.4. The van der Waals surface area contributed by atoms with E-state index >= 15 is 0 Å². The number of hydrogen-bond acceptors (Lipinski definition) is 8. The van der Waals surface area contributed by atoms with Gasteiger partial charge in [0.1, 0.15) is 23.3 Å². The lowest BCUT2D eigenvalue weighted by Crippen LogP contribution is -2.40. The van der Waals surface area contributed by atoms with E-state index in [0.29, 0.717) is 32.1 Å². The number of hydrogen-bond donors (Lipinski definition) is 1. The number of aromatic nitrogens is 1. The van der Waals surface area contributed by atoms with Gasteiger partial charge in [0.2, 0.25) is 0 Å². The number of ether oxygens (including phenoxy) is 3. The number of aromatic hydroxyl groups is 1. The quantitative estimate of drug-likeness (QED) is 0.399. The third-order valence-corrected chi connectivity index (χ3v) is 8.28. The fraction of sp³-hybridized carbons (Fsp3) is 0.424. The van der Waals surface area contributed by atoms with Crippen molar-refractivity contribution in [3.63, 3.8) is 0 Å². The minimum atomic E-state index is -0.845. The van der Waals surface area contributed by atoms with E-state index in [1.807, 2.05) is 59.8 Å². The number of phenols is 1. The summed E-state index contributed by atoms with van der Waals surface area (Å²) in [5.41, 5.74) is 2.75. The van der Waals surface area contributed by atoms with Crippen LogP contribution in [0.2, 0.25) is 0 Å². The SMILES string of the molecule is CCOC(=O)C1=C(C)N=c2sc(=Cc3cc(C(C)(C)C)c(O)c(C(C)(C)C)c3)c(=O)n2[C@H]1c1cc(OC)ccc1OC. The fourth-order valence-electron chi connectivity index (χ4n) is 5.17. The van der Waals surface area contributed by atoms with Crippen molar-refractivity contribution in [2.24, 2.45) is 4.99 Å². The average Bonchev–Trinajstić information content (AvgIpc) is 3.21. The van der Waals surface area contributed by atoms with Crippen molar-refractivity contribution >= 4 is 23.4 Å². The van der Waals surface area contributed by atoms with Crippen LogP contribution in [-0.4, -0.2) is 36.5 Å². The molecule has 3 aromatic rings. The Morgan fingerprint density at radius 2 is 1.67 bits per heavy atom. The first-order valence-electron chi connectivity index (χ1n) is 13.9. The van der Waals surface area contributed by atoms with E-state index in [1.165, 1.54) is 15.9 Å². The standard InChI is InChI=1S/C33H40N2O6S/c1-11-41-30(38)26-18(2)34-31-35(27(26)21-17-20(39-9)12-13-24(21)40-10)29(37)25(42-31)16-19-14-22(32(3,4)5)28(36)23(15-19)33(6,7)8/h12-17,27,36H,11H2,1-10H3/t27-/m0/s1. The highest BCUT2D eigenvalue weighted by Crippen LogP contribution is 2.40. The summed E-state index contributed by atoms with van der Waals surface area (Å²) in [6, 6.07) is 8.30. The van der Waals surface area contributed by atoms with Gasteiger partial charge in [-0.15, -0.1) is 0 Å².